The first kappa shape index (κ1) is 12.9. The van der Waals surface area contributed by atoms with Crippen molar-refractivity contribution < 1.29 is 4.79 Å². The summed E-state index contributed by atoms with van der Waals surface area (Å²) in [7, 11) is 0. The molecule has 1 atom stereocenters. The number of carbonyl (C=O) groups excluding carboxylic acids is 1. The van der Waals surface area contributed by atoms with Gasteiger partial charge in [-0.2, -0.15) is 5.10 Å². The van der Waals surface area contributed by atoms with E-state index in [0.29, 0.717) is 0 Å². The van der Waals surface area contributed by atoms with E-state index in [1.165, 1.54) is 5.56 Å². The predicted octanol–water partition coefficient (Wildman–Crippen LogP) is 2.00. The van der Waals surface area contributed by atoms with Crippen LogP contribution in [0.4, 0.5) is 5.69 Å². The number of aryl methyl sites for hydroxylation is 1. The summed E-state index contributed by atoms with van der Waals surface area (Å²) in [6.07, 6.45) is 0.963. The van der Waals surface area contributed by atoms with Crippen molar-refractivity contribution in [2.75, 3.05) is 5.32 Å². The van der Waals surface area contributed by atoms with Gasteiger partial charge in [0.1, 0.15) is 6.04 Å². The molecule has 1 unspecified atom stereocenters. The van der Waals surface area contributed by atoms with Crippen LogP contribution < -0.4 is 11.1 Å². The van der Waals surface area contributed by atoms with Gasteiger partial charge in [-0.1, -0.05) is 13.0 Å². The zero-order chi connectivity index (χ0) is 14.4. The normalized spacial score (nSPS) is 17.2. The lowest BCUT2D eigenvalue weighted by molar-refractivity contribution is -0.116. The minimum absolute atomic E-state index is 0.153. The molecule has 1 amide bonds. The molecule has 0 saturated heterocycles. The van der Waals surface area contributed by atoms with Crippen molar-refractivity contribution in [1.82, 2.24) is 9.78 Å². The second-order valence-electron chi connectivity index (χ2n) is 5.15. The maximum Gasteiger partial charge on any atom is 0.245 e. The van der Waals surface area contributed by atoms with Crippen molar-refractivity contribution in [3.05, 3.63) is 40.7 Å². The molecule has 0 radical (unpaired) electrons. The number of nitrogens with two attached hydrogens (primary N) is 1. The summed E-state index contributed by atoms with van der Waals surface area (Å²) in [5.41, 5.74) is 11.8. The van der Waals surface area contributed by atoms with E-state index in [1.807, 2.05) is 29.8 Å². The lowest BCUT2D eigenvalue weighted by atomic mass is 10.1. The average molecular weight is 270 g/mol. The quantitative estimate of drug-likeness (QED) is 0.876. The fraction of sp³-hybridized carbons (Fsp3) is 0.333. The van der Waals surface area contributed by atoms with Gasteiger partial charge in [-0.05, 0) is 38.0 Å². The van der Waals surface area contributed by atoms with Crippen LogP contribution in [0, 0.1) is 13.8 Å². The number of nitrogens with one attached hydrogen (secondary N) is 1. The maximum absolute atomic E-state index is 11.6. The van der Waals surface area contributed by atoms with Crippen LogP contribution >= 0.6 is 0 Å². The Kier molecular flexibility index (Phi) is 2.87. The molecular weight excluding hydrogens is 252 g/mol. The molecule has 0 saturated carbocycles. The number of fused-ring (bicyclic) bond motifs is 1. The van der Waals surface area contributed by atoms with Crippen molar-refractivity contribution in [3.8, 4) is 5.69 Å². The molecule has 3 rings (SSSR count). The molecule has 0 bridgehead atoms. The average Bonchev–Trinajstić information content (AvgIpc) is 2.87. The highest BCUT2D eigenvalue weighted by molar-refractivity contribution is 6.02. The second-order valence-corrected chi connectivity index (χ2v) is 5.15. The highest BCUT2D eigenvalue weighted by Gasteiger charge is 2.27. The Morgan fingerprint density at radius 1 is 1.40 bits per heavy atom. The van der Waals surface area contributed by atoms with Crippen LogP contribution in [0.5, 0.6) is 0 Å². The van der Waals surface area contributed by atoms with Crippen LogP contribution in [-0.2, 0) is 11.2 Å². The van der Waals surface area contributed by atoms with E-state index in [0.717, 1.165) is 34.7 Å². The molecule has 3 N–H and O–H groups in total. The number of rotatable bonds is 2. The van der Waals surface area contributed by atoms with E-state index in [-0.39, 0.29) is 5.91 Å². The zero-order valence-corrected chi connectivity index (χ0v) is 11.9. The topological polar surface area (TPSA) is 72.9 Å². The van der Waals surface area contributed by atoms with Crippen LogP contribution in [0.3, 0.4) is 0 Å². The van der Waals surface area contributed by atoms with E-state index >= 15 is 0 Å². The molecule has 1 aromatic carbocycles. The fourth-order valence-electron chi connectivity index (χ4n) is 2.85. The van der Waals surface area contributed by atoms with Gasteiger partial charge in [0, 0.05) is 16.9 Å². The molecule has 5 heteroatoms. The number of aromatic nitrogens is 2. The van der Waals surface area contributed by atoms with Gasteiger partial charge < -0.3 is 11.1 Å². The lowest BCUT2D eigenvalue weighted by Gasteiger charge is -2.08. The third-order valence-electron chi connectivity index (χ3n) is 3.95. The van der Waals surface area contributed by atoms with Crippen LogP contribution in [0.15, 0.2) is 18.2 Å². The Balaban J connectivity index is 2.09. The zero-order valence-electron chi connectivity index (χ0n) is 11.9. The maximum atomic E-state index is 11.6. The van der Waals surface area contributed by atoms with E-state index in [9.17, 15) is 4.79 Å². The van der Waals surface area contributed by atoms with Gasteiger partial charge in [-0.3, -0.25) is 4.79 Å². The van der Waals surface area contributed by atoms with Crippen molar-refractivity contribution in [2.45, 2.75) is 33.2 Å². The largest absolute Gasteiger partial charge is 0.324 e. The number of amides is 1. The lowest BCUT2D eigenvalue weighted by Crippen LogP contribution is -2.19. The molecule has 104 valence electrons. The van der Waals surface area contributed by atoms with E-state index in [4.69, 9.17) is 5.73 Å². The fourth-order valence-corrected chi connectivity index (χ4v) is 2.85. The third-order valence-corrected chi connectivity index (χ3v) is 3.95. The summed E-state index contributed by atoms with van der Waals surface area (Å²) in [6, 6.07) is 5.22. The highest BCUT2D eigenvalue weighted by Crippen LogP contribution is 2.31. The van der Waals surface area contributed by atoms with Gasteiger partial charge in [-0.15, -0.1) is 0 Å². The number of nitrogens with zero attached hydrogens (tertiary/aromatic N) is 2. The SMILES string of the molecule is CCc1c(C)nn(-c2ccc3c(c2)NC(=O)C3N)c1C. The summed E-state index contributed by atoms with van der Waals surface area (Å²) in [5.74, 6) is -0.153. The first-order valence-electron chi connectivity index (χ1n) is 6.78. The van der Waals surface area contributed by atoms with Crippen LogP contribution in [0.2, 0.25) is 0 Å². The number of anilines is 1. The van der Waals surface area contributed by atoms with Crippen LogP contribution in [0.1, 0.15) is 35.5 Å². The van der Waals surface area contributed by atoms with Gasteiger partial charge in [-0.25, -0.2) is 4.68 Å². The van der Waals surface area contributed by atoms with Crippen LogP contribution in [-0.4, -0.2) is 15.7 Å². The van der Waals surface area contributed by atoms with Gasteiger partial charge >= 0.3 is 0 Å². The minimum Gasteiger partial charge on any atom is -0.324 e. The molecule has 1 aliphatic heterocycles. The molecule has 1 aromatic heterocycles. The van der Waals surface area contributed by atoms with E-state index in [2.05, 4.69) is 24.3 Å². The summed E-state index contributed by atoms with van der Waals surface area (Å²) < 4.78 is 1.92. The number of benzene rings is 1. The smallest absolute Gasteiger partial charge is 0.245 e. The van der Waals surface area contributed by atoms with E-state index < -0.39 is 6.04 Å². The number of carbonyl (C=O) groups is 1. The van der Waals surface area contributed by atoms with Crippen LogP contribution in [0.25, 0.3) is 5.69 Å². The first-order valence-corrected chi connectivity index (χ1v) is 6.78. The van der Waals surface area contributed by atoms with E-state index in [1.54, 1.807) is 0 Å². The minimum atomic E-state index is -0.564. The van der Waals surface area contributed by atoms with Gasteiger partial charge in [0.05, 0.1) is 11.4 Å². The Bertz CT molecular complexity index is 702. The summed E-state index contributed by atoms with van der Waals surface area (Å²) in [6.45, 7) is 6.22. The molecule has 0 aliphatic carbocycles. The monoisotopic (exact) mass is 270 g/mol. The molecular formula is C15H18N4O. The molecule has 2 heterocycles. The Labute approximate surface area is 117 Å². The summed E-state index contributed by atoms with van der Waals surface area (Å²) >= 11 is 0. The Morgan fingerprint density at radius 2 is 2.15 bits per heavy atom. The molecule has 5 nitrogen and oxygen atoms in total. The highest BCUT2D eigenvalue weighted by atomic mass is 16.2. The predicted molar refractivity (Wildman–Crippen MR) is 78.0 cm³/mol. The van der Waals surface area contributed by atoms with Crippen molar-refractivity contribution in [1.29, 1.82) is 0 Å². The number of hydrogen-bond acceptors (Lipinski definition) is 3. The summed E-state index contributed by atoms with van der Waals surface area (Å²) in [5, 5.41) is 7.39. The molecule has 0 spiro atoms. The van der Waals surface area contributed by atoms with Crippen molar-refractivity contribution in [2.24, 2.45) is 5.73 Å². The van der Waals surface area contributed by atoms with Gasteiger partial charge in [0.2, 0.25) is 5.91 Å². The molecule has 0 fully saturated rings. The first-order chi connectivity index (χ1) is 9.52. The van der Waals surface area contributed by atoms with Gasteiger partial charge in [0.15, 0.2) is 0 Å². The molecule has 20 heavy (non-hydrogen) atoms. The third kappa shape index (κ3) is 1.74. The summed E-state index contributed by atoms with van der Waals surface area (Å²) in [4.78, 5) is 11.6. The van der Waals surface area contributed by atoms with Gasteiger partial charge in [0.25, 0.3) is 0 Å². The standard InChI is InChI=1S/C15H18N4O/c1-4-11-8(2)18-19(9(11)3)10-5-6-12-13(7-10)17-15(20)14(12)16/h5-7,14H,4,16H2,1-3H3,(H,17,20). The Hall–Kier alpha value is -2.14. The Morgan fingerprint density at radius 3 is 2.80 bits per heavy atom. The van der Waals surface area contributed by atoms with Crippen molar-refractivity contribution in [3.63, 3.8) is 0 Å². The second kappa shape index (κ2) is 4.45. The molecule has 1 aliphatic rings. The number of hydrogen-bond donors (Lipinski definition) is 2. The van der Waals surface area contributed by atoms with Crippen molar-refractivity contribution >= 4 is 11.6 Å². The molecule has 2 aromatic rings.